The molecule has 0 spiro atoms. The fourth-order valence-corrected chi connectivity index (χ4v) is 2.02. The highest BCUT2D eigenvalue weighted by atomic mass is 35.5. The van der Waals surface area contributed by atoms with Crippen LogP contribution in [0.25, 0.3) is 11.3 Å². The van der Waals surface area contributed by atoms with E-state index in [0.29, 0.717) is 23.7 Å². The lowest BCUT2D eigenvalue weighted by Crippen LogP contribution is -2.28. The van der Waals surface area contributed by atoms with E-state index in [4.69, 9.17) is 11.6 Å². The van der Waals surface area contributed by atoms with E-state index in [2.05, 4.69) is 10.4 Å². The molecule has 0 radical (unpaired) electrons. The molecule has 0 aliphatic rings. The van der Waals surface area contributed by atoms with Gasteiger partial charge in [0.25, 0.3) is 5.56 Å². The van der Waals surface area contributed by atoms with Crippen molar-refractivity contribution in [1.82, 2.24) is 15.1 Å². The maximum Gasteiger partial charge on any atom is 0.271 e. The van der Waals surface area contributed by atoms with E-state index in [0.717, 1.165) is 11.3 Å². The number of benzene rings is 1. The van der Waals surface area contributed by atoms with Gasteiger partial charge in [-0.25, -0.2) is 4.68 Å². The number of nitrogens with one attached hydrogen (secondary N) is 1. The molecule has 1 aromatic carbocycles. The van der Waals surface area contributed by atoms with Crippen molar-refractivity contribution in [3.05, 3.63) is 51.3 Å². The number of nitrogens with zero attached hydrogens (tertiary/aromatic N) is 2. The molecule has 5 heteroatoms. The summed E-state index contributed by atoms with van der Waals surface area (Å²) in [5, 5.41) is 8.05. The summed E-state index contributed by atoms with van der Waals surface area (Å²) in [6.07, 6.45) is 0. The monoisotopic (exact) mass is 277 g/mol. The molecule has 2 rings (SSSR count). The number of halogens is 1. The molecule has 0 amide bonds. The zero-order valence-electron chi connectivity index (χ0n) is 11.0. The first kappa shape index (κ1) is 13.8. The molecule has 4 nitrogen and oxygen atoms in total. The number of rotatable bonds is 4. The molecule has 0 bridgehead atoms. The van der Waals surface area contributed by atoms with E-state index < -0.39 is 0 Å². The van der Waals surface area contributed by atoms with Gasteiger partial charge in [-0.05, 0) is 32.2 Å². The van der Waals surface area contributed by atoms with Crippen molar-refractivity contribution in [3.8, 4) is 11.3 Å². The summed E-state index contributed by atoms with van der Waals surface area (Å²) in [6, 6.07) is 9.26. The predicted octanol–water partition coefficient (Wildman–Crippen LogP) is 2.30. The molecule has 0 fully saturated rings. The molecule has 19 heavy (non-hydrogen) atoms. The van der Waals surface area contributed by atoms with Crippen molar-refractivity contribution in [1.29, 1.82) is 0 Å². The Morgan fingerprint density at radius 1 is 1.32 bits per heavy atom. The summed E-state index contributed by atoms with van der Waals surface area (Å²) in [7, 11) is 1.82. The van der Waals surface area contributed by atoms with Gasteiger partial charge < -0.3 is 5.32 Å². The fraction of sp³-hybridized carbons (Fsp3) is 0.286. The Morgan fingerprint density at radius 2 is 2.00 bits per heavy atom. The van der Waals surface area contributed by atoms with E-state index in [-0.39, 0.29) is 5.56 Å². The van der Waals surface area contributed by atoms with Crippen molar-refractivity contribution in [2.75, 3.05) is 7.05 Å². The lowest BCUT2D eigenvalue weighted by molar-refractivity contribution is 0.605. The van der Waals surface area contributed by atoms with Gasteiger partial charge in [-0.3, -0.25) is 4.79 Å². The van der Waals surface area contributed by atoms with Gasteiger partial charge in [0.05, 0.1) is 5.69 Å². The first-order valence-corrected chi connectivity index (χ1v) is 6.55. The lowest BCUT2D eigenvalue weighted by atomic mass is 10.1. The van der Waals surface area contributed by atoms with Gasteiger partial charge in [-0.1, -0.05) is 23.7 Å². The SMILES string of the molecule is CCn1nc(-c2ccc(Cl)cc2)cc(CNC)c1=O. The van der Waals surface area contributed by atoms with Gasteiger partial charge in [-0.15, -0.1) is 0 Å². The minimum atomic E-state index is -0.0467. The van der Waals surface area contributed by atoms with Crippen LogP contribution in [0, 0.1) is 0 Å². The molecule has 0 unspecified atom stereocenters. The minimum Gasteiger partial charge on any atom is -0.315 e. The van der Waals surface area contributed by atoms with Crippen LogP contribution in [-0.4, -0.2) is 16.8 Å². The number of hydrogen-bond donors (Lipinski definition) is 1. The molecule has 1 N–H and O–H groups in total. The van der Waals surface area contributed by atoms with Gasteiger partial charge >= 0.3 is 0 Å². The largest absolute Gasteiger partial charge is 0.315 e. The van der Waals surface area contributed by atoms with Crippen LogP contribution < -0.4 is 10.9 Å². The second kappa shape index (κ2) is 5.99. The van der Waals surface area contributed by atoms with E-state index in [9.17, 15) is 4.79 Å². The Balaban J connectivity index is 2.54. The summed E-state index contributed by atoms with van der Waals surface area (Å²) in [4.78, 5) is 12.1. The maximum atomic E-state index is 12.1. The number of aryl methyl sites for hydroxylation is 1. The van der Waals surface area contributed by atoms with Crippen LogP contribution in [0.15, 0.2) is 35.1 Å². The van der Waals surface area contributed by atoms with Gasteiger partial charge in [0.15, 0.2) is 0 Å². The van der Waals surface area contributed by atoms with Crippen LogP contribution in [0.2, 0.25) is 5.02 Å². The number of aromatic nitrogens is 2. The molecule has 1 aromatic heterocycles. The Bertz CT molecular complexity index is 620. The summed E-state index contributed by atoms with van der Waals surface area (Å²) < 4.78 is 1.48. The molecule has 0 aliphatic heterocycles. The Labute approximate surface area is 117 Å². The molecular weight excluding hydrogens is 262 g/mol. The van der Waals surface area contributed by atoms with Crippen LogP contribution in [0.5, 0.6) is 0 Å². The zero-order chi connectivity index (χ0) is 13.8. The van der Waals surface area contributed by atoms with Crippen LogP contribution >= 0.6 is 11.6 Å². The van der Waals surface area contributed by atoms with E-state index in [1.165, 1.54) is 4.68 Å². The summed E-state index contributed by atoms with van der Waals surface area (Å²) in [5.41, 5.74) is 2.39. The lowest BCUT2D eigenvalue weighted by Gasteiger charge is -2.09. The quantitative estimate of drug-likeness (QED) is 0.933. The van der Waals surface area contributed by atoms with Gasteiger partial charge in [0.2, 0.25) is 0 Å². The number of hydrogen-bond acceptors (Lipinski definition) is 3. The second-order valence-electron chi connectivity index (χ2n) is 4.21. The third kappa shape index (κ3) is 3.03. The van der Waals surface area contributed by atoms with Crippen LogP contribution in [-0.2, 0) is 13.1 Å². The van der Waals surface area contributed by atoms with Crippen molar-refractivity contribution in [2.24, 2.45) is 0 Å². The normalized spacial score (nSPS) is 10.7. The zero-order valence-corrected chi connectivity index (χ0v) is 11.7. The average molecular weight is 278 g/mol. The first-order valence-electron chi connectivity index (χ1n) is 6.17. The Hall–Kier alpha value is -1.65. The highest BCUT2D eigenvalue weighted by Gasteiger charge is 2.08. The van der Waals surface area contributed by atoms with Crippen molar-refractivity contribution in [3.63, 3.8) is 0 Å². The van der Waals surface area contributed by atoms with Crippen LogP contribution in [0.3, 0.4) is 0 Å². The minimum absolute atomic E-state index is 0.0467. The molecular formula is C14H16ClN3O. The second-order valence-corrected chi connectivity index (χ2v) is 4.65. The van der Waals surface area contributed by atoms with Gasteiger partial charge in [0.1, 0.15) is 0 Å². The molecule has 0 atom stereocenters. The standard InChI is InChI=1S/C14H16ClN3O/c1-3-18-14(19)11(9-16-2)8-13(17-18)10-4-6-12(15)7-5-10/h4-8,16H,3,9H2,1-2H3. The van der Waals surface area contributed by atoms with Crippen LogP contribution in [0.4, 0.5) is 0 Å². The maximum absolute atomic E-state index is 12.1. The summed E-state index contributed by atoms with van der Waals surface area (Å²) >= 11 is 5.88. The van der Waals surface area contributed by atoms with Crippen molar-refractivity contribution >= 4 is 11.6 Å². The topological polar surface area (TPSA) is 46.9 Å². The Morgan fingerprint density at radius 3 is 2.58 bits per heavy atom. The van der Waals surface area contributed by atoms with Crippen LogP contribution in [0.1, 0.15) is 12.5 Å². The average Bonchev–Trinajstić information content (AvgIpc) is 2.42. The van der Waals surface area contributed by atoms with Gasteiger partial charge in [0, 0.05) is 29.2 Å². The summed E-state index contributed by atoms with van der Waals surface area (Å²) in [6.45, 7) is 2.99. The molecule has 2 aromatic rings. The first-order chi connectivity index (χ1) is 9.15. The molecule has 1 heterocycles. The van der Waals surface area contributed by atoms with E-state index in [1.54, 1.807) is 0 Å². The summed E-state index contributed by atoms with van der Waals surface area (Å²) in [5.74, 6) is 0. The fourth-order valence-electron chi connectivity index (χ4n) is 1.89. The van der Waals surface area contributed by atoms with E-state index >= 15 is 0 Å². The highest BCUT2D eigenvalue weighted by molar-refractivity contribution is 6.30. The molecule has 100 valence electrons. The van der Waals surface area contributed by atoms with Crippen molar-refractivity contribution in [2.45, 2.75) is 20.0 Å². The Kier molecular flexibility index (Phi) is 4.35. The predicted molar refractivity (Wildman–Crippen MR) is 77.4 cm³/mol. The molecule has 0 saturated carbocycles. The molecule has 0 saturated heterocycles. The third-order valence-corrected chi connectivity index (χ3v) is 3.11. The smallest absolute Gasteiger partial charge is 0.271 e. The van der Waals surface area contributed by atoms with E-state index in [1.807, 2.05) is 44.3 Å². The van der Waals surface area contributed by atoms with Crippen molar-refractivity contribution < 1.29 is 0 Å². The third-order valence-electron chi connectivity index (χ3n) is 2.86. The van der Waals surface area contributed by atoms with Gasteiger partial charge in [-0.2, -0.15) is 5.10 Å². The molecule has 0 aliphatic carbocycles. The highest BCUT2D eigenvalue weighted by Crippen LogP contribution is 2.19.